The second-order valence-electron chi connectivity index (χ2n) is 5.47. The average Bonchev–Trinajstić information content (AvgIpc) is 2.38. The molecule has 1 rings (SSSR count). The number of nitrogens with one attached hydrogen (secondary N) is 1. The Morgan fingerprint density at radius 3 is 2.43 bits per heavy atom. The first kappa shape index (κ1) is 17.7. The first-order valence-electron chi connectivity index (χ1n) is 6.99. The lowest BCUT2D eigenvalue weighted by molar-refractivity contribution is -0.123. The predicted octanol–water partition coefficient (Wildman–Crippen LogP) is 1.53. The van der Waals surface area contributed by atoms with Crippen molar-refractivity contribution in [2.24, 2.45) is 5.92 Å². The van der Waals surface area contributed by atoms with Gasteiger partial charge in [0.2, 0.25) is 15.9 Å². The van der Waals surface area contributed by atoms with Crippen LogP contribution in [-0.2, 0) is 21.4 Å². The van der Waals surface area contributed by atoms with Gasteiger partial charge in [-0.1, -0.05) is 38.1 Å². The number of benzene rings is 1. The number of nitrogens with zero attached hydrogens (tertiary/aromatic N) is 1. The summed E-state index contributed by atoms with van der Waals surface area (Å²) in [5.74, 6) is -0.174. The largest absolute Gasteiger partial charge is 0.355 e. The molecule has 0 atom stereocenters. The molecule has 0 bridgehead atoms. The highest BCUT2D eigenvalue weighted by Crippen LogP contribution is 2.12. The Kier molecular flexibility index (Phi) is 6.36. The summed E-state index contributed by atoms with van der Waals surface area (Å²) in [6.45, 7) is 6.47. The van der Waals surface area contributed by atoms with E-state index in [2.05, 4.69) is 5.32 Å². The highest BCUT2D eigenvalue weighted by atomic mass is 32.2. The molecule has 1 amide bonds. The summed E-state index contributed by atoms with van der Waals surface area (Å²) in [6, 6.07) is 7.69. The predicted molar refractivity (Wildman–Crippen MR) is 84.3 cm³/mol. The highest BCUT2D eigenvalue weighted by molar-refractivity contribution is 7.88. The van der Waals surface area contributed by atoms with E-state index in [1.807, 2.05) is 31.2 Å². The lowest BCUT2D eigenvalue weighted by Crippen LogP contribution is -2.38. The number of aryl methyl sites for hydroxylation is 1. The summed E-state index contributed by atoms with van der Waals surface area (Å²) in [5.41, 5.74) is 2.02. The third kappa shape index (κ3) is 5.85. The maximum absolute atomic E-state index is 11.9. The zero-order chi connectivity index (χ0) is 16.0. The summed E-state index contributed by atoms with van der Waals surface area (Å²) >= 11 is 0. The van der Waals surface area contributed by atoms with E-state index in [0.717, 1.165) is 11.1 Å². The summed E-state index contributed by atoms with van der Waals surface area (Å²) < 4.78 is 25.1. The van der Waals surface area contributed by atoms with Crippen LogP contribution >= 0.6 is 0 Å². The average molecular weight is 312 g/mol. The topological polar surface area (TPSA) is 66.5 Å². The van der Waals surface area contributed by atoms with Gasteiger partial charge in [0.25, 0.3) is 0 Å². The van der Waals surface area contributed by atoms with Crippen LogP contribution in [0.5, 0.6) is 0 Å². The van der Waals surface area contributed by atoms with Crippen molar-refractivity contribution in [1.82, 2.24) is 9.62 Å². The summed E-state index contributed by atoms with van der Waals surface area (Å²) in [6.07, 6.45) is 1.19. The third-order valence-electron chi connectivity index (χ3n) is 3.26. The fourth-order valence-electron chi connectivity index (χ4n) is 1.85. The number of hydrogen-bond acceptors (Lipinski definition) is 3. The van der Waals surface area contributed by atoms with Crippen LogP contribution in [0.2, 0.25) is 0 Å². The van der Waals surface area contributed by atoms with Crippen molar-refractivity contribution in [2.45, 2.75) is 27.3 Å². The molecule has 0 saturated carbocycles. The van der Waals surface area contributed by atoms with E-state index in [9.17, 15) is 13.2 Å². The van der Waals surface area contributed by atoms with E-state index < -0.39 is 10.0 Å². The van der Waals surface area contributed by atoms with E-state index >= 15 is 0 Å². The van der Waals surface area contributed by atoms with Gasteiger partial charge < -0.3 is 5.32 Å². The standard InChI is InChI=1S/C15H24N2O3S/c1-12(2)15(18)16-9-10-17(21(4,19)20)11-14-8-6-5-7-13(14)3/h5-8,12H,9-11H2,1-4H3,(H,16,18). The molecular weight excluding hydrogens is 288 g/mol. The molecule has 0 spiro atoms. The molecule has 5 nitrogen and oxygen atoms in total. The van der Waals surface area contributed by atoms with Gasteiger partial charge in [0, 0.05) is 25.6 Å². The quantitative estimate of drug-likeness (QED) is 0.830. The van der Waals surface area contributed by atoms with Crippen LogP contribution in [0.4, 0.5) is 0 Å². The molecule has 0 heterocycles. The molecular formula is C15H24N2O3S. The molecule has 6 heteroatoms. The molecule has 0 unspecified atom stereocenters. The Morgan fingerprint density at radius 1 is 1.29 bits per heavy atom. The van der Waals surface area contributed by atoms with E-state index in [1.54, 1.807) is 13.8 Å². The smallest absolute Gasteiger partial charge is 0.222 e. The van der Waals surface area contributed by atoms with Crippen LogP contribution in [-0.4, -0.2) is 38.0 Å². The van der Waals surface area contributed by atoms with Gasteiger partial charge in [-0.15, -0.1) is 0 Å². The number of amides is 1. The summed E-state index contributed by atoms with van der Waals surface area (Å²) in [4.78, 5) is 11.5. The molecule has 1 N–H and O–H groups in total. The Balaban J connectivity index is 2.70. The molecule has 0 aromatic heterocycles. The minimum atomic E-state index is -3.32. The molecule has 0 aliphatic heterocycles. The van der Waals surface area contributed by atoms with Crippen LogP contribution in [0.15, 0.2) is 24.3 Å². The second-order valence-corrected chi connectivity index (χ2v) is 7.45. The van der Waals surface area contributed by atoms with Crippen molar-refractivity contribution in [3.63, 3.8) is 0 Å². The monoisotopic (exact) mass is 312 g/mol. The van der Waals surface area contributed by atoms with Crippen molar-refractivity contribution in [2.75, 3.05) is 19.3 Å². The van der Waals surface area contributed by atoms with Crippen molar-refractivity contribution in [1.29, 1.82) is 0 Å². The lowest BCUT2D eigenvalue weighted by atomic mass is 10.1. The Bertz CT molecular complexity index is 582. The first-order chi connectivity index (χ1) is 9.71. The third-order valence-corrected chi connectivity index (χ3v) is 4.51. The molecule has 0 saturated heterocycles. The highest BCUT2D eigenvalue weighted by Gasteiger charge is 2.18. The first-order valence-corrected chi connectivity index (χ1v) is 8.84. The van der Waals surface area contributed by atoms with Crippen LogP contribution in [0.25, 0.3) is 0 Å². The van der Waals surface area contributed by atoms with Gasteiger partial charge in [0.1, 0.15) is 0 Å². The van der Waals surface area contributed by atoms with Gasteiger partial charge in [-0.2, -0.15) is 4.31 Å². The minimum Gasteiger partial charge on any atom is -0.355 e. The van der Waals surface area contributed by atoms with Gasteiger partial charge in [-0.25, -0.2) is 8.42 Å². The molecule has 118 valence electrons. The molecule has 1 aromatic carbocycles. The summed E-state index contributed by atoms with van der Waals surface area (Å²) in [5, 5.41) is 2.74. The van der Waals surface area contributed by atoms with Crippen molar-refractivity contribution >= 4 is 15.9 Å². The van der Waals surface area contributed by atoms with Crippen LogP contribution in [0, 0.1) is 12.8 Å². The molecule has 0 aliphatic carbocycles. The second kappa shape index (κ2) is 7.56. The van der Waals surface area contributed by atoms with Gasteiger partial charge >= 0.3 is 0 Å². The number of rotatable bonds is 7. The summed E-state index contributed by atoms with van der Waals surface area (Å²) in [7, 11) is -3.32. The van der Waals surface area contributed by atoms with Crippen molar-refractivity contribution in [3.8, 4) is 0 Å². The van der Waals surface area contributed by atoms with Gasteiger partial charge in [0.05, 0.1) is 6.26 Å². The number of hydrogen-bond donors (Lipinski definition) is 1. The fourth-order valence-corrected chi connectivity index (χ4v) is 2.64. The normalized spacial score (nSPS) is 11.9. The number of carbonyl (C=O) groups excluding carboxylic acids is 1. The van der Waals surface area contributed by atoms with Gasteiger partial charge in [-0.05, 0) is 18.1 Å². The molecule has 0 radical (unpaired) electrons. The van der Waals surface area contributed by atoms with Gasteiger partial charge in [0.15, 0.2) is 0 Å². The SMILES string of the molecule is Cc1ccccc1CN(CCNC(=O)C(C)C)S(C)(=O)=O. The number of carbonyl (C=O) groups is 1. The van der Waals surface area contributed by atoms with E-state index in [4.69, 9.17) is 0 Å². The molecule has 21 heavy (non-hydrogen) atoms. The maximum atomic E-state index is 11.9. The van der Waals surface area contributed by atoms with E-state index in [-0.39, 0.29) is 18.4 Å². The zero-order valence-corrected chi connectivity index (χ0v) is 13.9. The molecule has 0 aliphatic rings. The Hall–Kier alpha value is -1.40. The van der Waals surface area contributed by atoms with Gasteiger partial charge in [-0.3, -0.25) is 4.79 Å². The Labute approximate surface area is 127 Å². The lowest BCUT2D eigenvalue weighted by Gasteiger charge is -2.21. The van der Waals surface area contributed by atoms with Crippen LogP contribution < -0.4 is 5.32 Å². The van der Waals surface area contributed by atoms with Crippen molar-refractivity contribution in [3.05, 3.63) is 35.4 Å². The zero-order valence-electron chi connectivity index (χ0n) is 13.1. The Morgan fingerprint density at radius 2 is 1.90 bits per heavy atom. The van der Waals surface area contributed by atoms with Crippen LogP contribution in [0.3, 0.4) is 0 Å². The van der Waals surface area contributed by atoms with Crippen LogP contribution in [0.1, 0.15) is 25.0 Å². The minimum absolute atomic E-state index is 0.0701. The van der Waals surface area contributed by atoms with E-state index in [1.165, 1.54) is 10.6 Å². The van der Waals surface area contributed by atoms with E-state index in [0.29, 0.717) is 13.1 Å². The number of sulfonamides is 1. The fraction of sp³-hybridized carbons (Fsp3) is 0.533. The molecule has 1 aromatic rings. The van der Waals surface area contributed by atoms with Crippen molar-refractivity contribution < 1.29 is 13.2 Å². The molecule has 0 fully saturated rings. The maximum Gasteiger partial charge on any atom is 0.222 e.